The Hall–Kier alpha value is -4.22. The van der Waals surface area contributed by atoms with Crippen LogP contribution in [0.4, 0.5) is 15.6 Å². The van der Waals surface area contributed by atoms with E-state index in [9.17, 15) is 14.4 Å². The zero-order valence-electron chi connectivity index (χ0n) is 22.0. The molecule has 2 unspecified atom stereocenters. The molecule has 208 valence electrons. The second-order valence-corrected chi connectivity index (χ2v) is 11.7. The fourth-order valence-corrected chi connectivity index (χ4v) is 6.62. The number of nitrogens with zero attached hydrogens (tertiary/aromatic N) is 4. The fraction of sp³-hybridized carbons (Fsp3) is 0.233. The molecule has 1 saturated heterocycles. The summed E-state index contributed by atoms with van der Waals surface area (Å²) in [4.78, 5) is 52.1. The maximum atomic E-state index is 14.3. The summed E-state index contributed by atoms with van der Waals surface area (Å²) < 4.78 is 5.72. The van der Waals surface area contributed by atoms with Crippen LogP contribution in [0.3, 0.4) is 0 Å². The first kappa shape index (κ1) is 27.0. The first-order chi connectivity index (χ1) is 20.1. The fourth-order valence-electron chi connectivity index (χ4n) is 4.56. The van der Waals surface area contributed by atoms with E-state index in [1.54, 1.807) is 54.3 Å². The minimum Gasteiger partial charge on any atom is -0.444 e. The van der Waals surface area contributed by atoms with Gasteiger partial charge < -0.3 is 10.1 Å². The number of anilines is 2. The average molecular weight is 586 g/mol. The quantitative estimate of drug-likeness (QED) is 0.289. The zero-order chi connectivity index (χ0) is 28.2. The van der Waals surface area contributed by atoms with Gasteiger partial charge in [-0.3, -0.25) is 24.4 Å². The van der Waals surface area contributed by atoms with E-state index in [0.29, 0.717) is 22.1 Å². The van der Waals surface area contributed by atoms with E-state index in [-0.39, 0.29) is 24.5 Å². The molecule has 11 heteroatoms. The van der Waals surface area contributed by atoms with Gasteiger partial charge in [-0.15, -0.1) is 23.1 Å². The number of pyridine rings is 1. The Morgan fingerprint density at radius 3 is 2.49 bits per heavy atom. The number of rotatable bonds is 8. The SMILES string of the molecule is O=C(NC1CC1)c1ccc(N(C(=O)C2CSC(c3cccnc3)N2C(=O)OCc2ccccc2)c2nccs2)cc1. The number of thioether (sulfide) groups is 1. The van der Waals surface area contributed by atoms with Crippen molar-refractivity contribution in [3.05, 3.63) is 107 Å². The van der Waals surface area contributed by atoms with Crippen LogP contribution in [-0.2, 0) is 16.1 Å². The van der Waals surface area contributed by atoms with E-state index in [4.69, 9.17) is 4.74 Å². The molecule has 0 bridgehead atoms. The number of ether oxygens (including phenoxy) is 1. The molecule has 1 aliphatic carbocycles. The lowest BCUT2D eigenvalue weighted by Gasteiger charge is -2.31. The smallest absolute Gasteiger partial charge is 0.412 e. The Labute approximate surface area is 245 Å². The maximum Gasteiger partial charge on any atom is 0.412 e. The maximum absolute atomic E-state index is 14.3. The molecule has 3 amide bonds. The number of carbonyl (C=O) groups excluding carboxylic acids is 3. The Morgan fingerprint density at radius 1 is 1.00 bits per heavy atom. The number of hydrogen-bond acceptors (Lipinski definition) is 8. The molecule has 4 aromatic rings. The van der Waals surface area contributed by atoms with E-state index >= 15 is 0 Å². The van der Waals surface area contributed by atoms with E-state index in [0.717, 1.165) is 24.0 Å². The van der Waals surface area contributed by atoms with Crippen molar-refractivity contribution in [1.29, 1.82) is 0 Å². The molecule has 9 nitrogen and oxygen atoms in total. The lowest BCUT2D eigenvalue weighted by atomic mass is 10.1. The number of amides is 3. The molecule has 6 rings (SSSR count). The molecule has 2 atom stereocenters. The third-order valence-corrected chi connectivity index (χ3v) is 8.88. The Kier molecular flexibility index (Phi) is 7.97. The van der Waals surface area contributed by atoms with Gasteiger partial charge in [0.1, 0.15) is 18.0 Å². The van der Waals surface area contributed by atoms with Gasteiger partial charge in [0.25, 0.3) is 11.8 Å². The van der Waals surface area contributed by atoms with E-state index < -0.39 is 17.5 Å². The van der Waals surface area contributed by atoms with Gasteiger partial charge in [-0.25, -0.2) is 9.78 Å². The number of aromatic nitrogens is 2. The van der Waals surface area contributed by atoms with Crippen molar-refractivity contribution >= 4 is 51.8 Å². The zero-order valence-corrected chi connectivity index (χ0v) is 23.6. The molecule has 1 aliphatic heterocycles. The topological polar surface area (TPSA) is 105 Å². The highest BCUT2D eigenvalue weighted by molar-refractivity contribution is 7.99. The minimum absolute atomic E-state index is 0.0854. The molecular formula is C30H27N5O4S2. The first-order valence-electron chi connectivity index (χ1n) is 13.2. The normalized spacial score (nSPS) is 18.1. The number of carbonyl (C=O) groups is 3. The van der Waals surface area contributed by atoms with Crippen molar-refractivity contribution in [3.63, 3.8) is 0 Å². The van der Waals surface area contributed by atoms with Crippen LogP contribution in [0.5, 0.6) is 0 Å². The Balaban J connectivity index is 1.29. The predicted octanol–water partition coefficient (Wildman–Crippen LogP) is 5.55. The van der Waals surface area contributed by atoms with Gasteiger partial charge in [-0.2, -0.15) is 0 Å². The van der Waals surface area contributed by atoms with Gasteiger partial charge >= 0.3 is 6.09 Å². The highest BCUT2D eigenvalue weighted by Gasteiger charge is 2.46. The van der Waals surface area contributed by atoms with E-state index in [1.165, 1.54) is 32.9 Å². The Bertz CT molecular complexity index is 1500. The summed E-state index contributed by atoms with van der Waals surface area (Å²) in [6.45, 7) is 0.0854. The van der Waals surface area contributed by atoms with Gasteiger partial charge in [0.05, 0.1) is 5.69 Å². The number of thiazole rings is 1. The van der Waals surface area contributed by atoms with Crippen molar-refractivity contribution in [3.8, 4) is 0 Å². The molecule has 2 aromatic carbocycles. The van der Waals surface area contributed by atoms with Gasteiger partial charge in [0, 0.05) is 46.9 Å². The first-order valence-corrected chi connectivity index (χ1v) is 15.2. The molecule has 2 fully saturated rings. The van der Waals surface area contributed by atoms with Crippen LogP contribution in [0.15, 0.2) is 90.7 Å². The third kappa shape index (κ3) is 6.10. The van der Waals surface area contributed by atoms with Gasteiger partial charge in [-0.05, 0) is 48.7 Å². The van der Waals surface area contributed by atoms with Crippen LogP contribution >= 0.6 is 23.1 Å². The average Bonchev–Trinajstić information content (AvgIpc) is 3.46. The molecule has 1 N–H and O–H groups in total. The van der Waals surface area contributed by atoms with Crippen LogP contribution in [0.1, 0.15) is 39.7 Å². The highest BCUT2D eigenvalue weighted by atomic mass is 32.2. The standard InChI is InChI=1S/C30H27N5O4S2/c36-26(33-23-10-11-23)21-8-12-24(13-9-21)34(29-32-15-16-40-29)27(37)25-19-41-28(22-7-4-14-31-17-22)35(25)30(38)39-18-20-5-2-1-3-6-20/h1-9,12-17,23,25,28H,10-11,18-19H2,(H,33,36). The number of benzene rings is 2. The summed E-state index contributed by atoms with van der Waals surface area (Å²) in [6.07, 6.45) is 6.41. The second kappa shape index (κ2) is 12.1. The van der Waals surface area contributed by atoms with Crippen LogP contribution in [0, 0.1) is 0 Å². The molecule has 1 saturated carbocycles. The van der Waals surface area contributed by atoms with Crippen molar-refractivity contribution in [2.75, 3.05) is 10.7 Å². The Morgan fingerprint density at radius 2 is 1.80 bits per heavy atom. The summed E-state index contributed by atoms with van der Waals surface area (Å²) in [6, 6.07) is 19.4. The molecular weight excluding hydrogens is 558 g/mol. The van der Waals surface area contributed by atoms with Crippen LogP contribution in [0.25, 0.3) is 0 Å². The van der Waals surface area contributed by atoms with Crippen LogP contribution < -0.4 is 10.2 Å². The van der Waals surface area contributed by atoms with Crippen LogP contribution in [-0.4, -0.2) is 50.6 Å². The van der Waals surface area contributed by atoms with E-state index in [2.05, 4.69) is 15.3 Å². The monoisotopic (exact) mass is 585 g/mol. The van der Waals surface area contributed by atoms with Crippen molar-refractivity contribution < 1.29 is 19.1 Å². The third-order valence-electron chi connectivity index (χ3n) is 6.80. The molecule has 0 spiro atoms. The highest BCUT2D eigenvalue weighted by Crippen LogP contribution is 2.43. The number of hydrogen-bond donors (Lipinski definition) is 1. The number of nitrogens with one attached hydrogen (secondary N) is 1. The molecule has 2 aromatic heterocycles. The molecule has 2 aliphatic rings. The second-order valence-electron chi connectivity index (χ2n) is 9.72. The van der Waals surface area contributed by atoms with Crippen LogP contribution in [0.2, 0.25) is 0 Å². The van der Waals surface area contributed by atoms with Gasteiger partial charge in [-0.1, -0.05) is 36.4 Å². The lowest BCUT2D eigenvalue weighted by molar-refractivity contribution is -0.121. The molecule has 41 heavy (non-hydrogen) atoms. The van der Waals surface area contributed by atoms with Gasteiger partial charge in [0.15, 0.2) is 5.13 Å². The van der Waals surface area contributed by atoms with Crippen molar-refractivity contribution in [2.45, 2.75) is 36.9 Å². The molecule has 0 radical (unpaired) electrons. The molecule has 3 heterocycles. The van der Waals surface area contributed by atoms with Gasteiger partial charge in [0.2, 0.25) is 0 Å². The summed E-state index contributed by atoms with van der Waals surface area (Å²) >= 11 is 2.80. The lowest BCUT2D eigenvalue weighted by Crippen LogP contribution is -2.48. The summed E-state index contributed by atoms with van der Waals surface area (Å²) in [5.41, 5.74) is 2.73. The summed E-state index contributed by atoms with van der Waals surface area (Å²) in [7, 11) is 0. The minimum atomic E-state index is -0.824. The van der Waals surface area contributed by atoms with Crippen molar-refractivity contribution in [1.82, 2.24) is 20.2 Å². The predicted molar refractivity (Wildman–Crippen MR) is 158 cm³/mol. The summed E-state index contributed by atoms with van der Waals surface area (Å²) in [5, 5.41) is 4.79. The summed E-state index contributed by atoms with van der Waals surface area (Å²) in [5.74, 6) is -0.0848. The van der Waals surface area contributed by atoms with Crippen molar-refractivity contribution in [2.24, 2.45) is 0 Å². The largest absolute Gasteiger partial charge is 0.444 e. The van der Waals surface area contributed by atoms with E-state index in [1.807, 2.05) is 36.4 Å².